The summed E-state index contributed by atoms with van der Waals surface area (Å²) in [4.78, 5) is 11.9. The summed E-state index contributed by atoms with van der Waals surface area (Å²) in [6, 6.07) is 24.3. The Balaban J connectivity index is 1.94. The van der Waals surface area contributed by atoms with Crippen molar-refractivity contribution in [1.29, 1.82) is 0 Å². The van der Waals surface area contributed by atoms with Gasteiger partial charge < -0.3 is 4.74 Å². The maximum atomic E-state index is 11.9. The van der Waals surface area contributed by atoms with Gasteiger partial charge in [-0.15, -0.1) is 0 Å². The Labute approximate surface area is 141 Å². The molecule has 0 atom stereocenters. The second kappa shape index (κ2) is 5.82. The highest BCUT2D eigenvalue weighted by molar-refractivity contribution is 6.07. The Morgan fingerprint density at radius 1 is 0.792 bits per heavy atom. The van der Waals surface area contributed by atoms with Gasteiger partial charge in [0.2, 0.25) is 0 Å². The first kappa shape index (κ1) is 14.5. The topological polar surface area (TPSA) is 26.3 Å². The quantitative estimate of drug-likeness (QED) is 0.485. The number of rotatable bonds is 2. The Hall–Kier alpha value is -3.13. The summed E-state index contributed by atoms with van der Waals surface area (Å²) in [5, 5.41) is 0. The van der Waals surface area contributed by atoms with Crippen LogP contribution in [-0.4, -0.2) is 13.1 Å². The lowest BCUT2D eigenvalue weighted by molar-refractivity contribution is 0.0600. The first-order chi connectivity index (χ1) is 11.8. The van der Waals surface area contributed by atoms with Crippen molar-refractivity contribution in [2.24, 2.45) is 0 Å². The first-order valence-electron chi connectivity index (χ1n) is 7.87. The minimum Gasteiger partial charge on any atom is -0.465 e. The average Bonchev–Trinajstić information content (AvgIpc) is 2.95. The molecule has 0 amide bonds. The lowest BCUT2D eigenvalue weighted by Gasteiger charge is -2.06. The smallest absolute Gasteiger partial charge is 0.337 e. The van der Waals surface area contributed by atoms with Crippen LogP contribution in [0.3, 0.4) is 0 Å². The van der Waals surface area contributed by atoms with E-state index in [1.54, 1.807) is 0 Å². The second-order valence-corrected chi connectivity index (χ2v) is 5.77. The van der Waals surface area contributed by atoms with Crippen LogP contribution in [-0.2, 0) is 4.74 Å². The number of hydrogen-bond acceptors (Lipinski definition) is 2. The third kappa shape index (κ3) is 2.33. The molecule has 0 radical (unpaired) electrons. The van der Waals surface area contributed by atoms with E-state index in [4.69, 9.17) is 4.74 Å². The largest absolute Gasteiger partial charge is 0.465 e. The van der Waals surface area contributed by atoms with Crippen molar-refractivity contribution in [1.82, 2.24) is 0 Å². The molecule has 2 nitrogen and oxygen atoms in total. The Morgan fingerprint density at radius 3 is 2.21 bits per heavy atom. The van der Waals surface area contributed by atoms with Crippen LogP contribution in [0.5, 0.6) is 0 Å². The van der Waals surface area contributed by atoms with Crippen molar-refractivity contribution in [2.45, 2.75) is 0 Å². The summed E-state index contributed by atoms with van der Waals surface area (Å²) < 4.78 is 4.87. The molecule has 0 aliphatic heterocycles. The molecule has 0 N–H and O–H groups in total. The fourth-order valence-corrected chi connectivity index (χ4v) is 3.22. The SMILES string of the molecule is COC(=O)c1ccc2c(c1)/C(=C\c1ccccc1)c1ccccc1-2. The number of benzene rings is 3. The molecule has 0 unspecified atom stereocenters. The highest BCUT2D eigenvalue weighted by Gasteiger charge is 2.24. The second-order valence-electron chi connectivity index (χ2n) is 5.77. The van der Waals surface area contributed by atoms with Crippen molar-refractivity contribution in [2.75, 3.05) is 7.11 Å². The number of hydrogen-bond donors (Lipinski definition) is 0. The summed E-state index contributed by atoms with van der Waals surface area (Å²) >= 11 is 0. The van der Waals surface area contributed by atoms with Crippen LogP contribution < -0.4 is 0 Å². The van der Waals surface area contributed by atoms with Crippen LogP contribution in [0.2, 0.25) is 0 Å². The first-order valence-corrected chi connectivity index (χ1v) is 7.87. The van der Waals surface area contributed by atoms with E-state index in [9.17, 15) is 4.79 Å². The van der Waals surface area contributed by atoms with E-state index in [1.165, 1.54) is 18.2 Å². The molecule has 1 aliphatic carbocycles. The number of methoxy groups -OCH3 is 1. The molecule has 3 aromatic rings. The molecule has 0 saturated carbocycles. The fraction of sp³-hybridized carbons (Fsp3) is 0.0455. The monoisotopic (exact) mass is 312 g/mol. The summed E-state index contributed by atoms with van der Waals surface area (Å²) in [5.74, 6) is -0.312. The lowest BCUT2D eigenvalue weighted by Crippen LogP contribution is -2.01. The van der Waals surface area contributed by atoms with Gasteiger partial charge in [-0.1, -0.05) is 60.7 Å². The molecule has 4 rings (SSSR count). The molecule has 0 fully saturated rings. The molecule has 0 spiro atoms. The van der Waals surface area contributed by atoms with Gasteiger partial charge in [0.15, 0.2) is 0 Å². The van der Waals surface area contributed by atoms with E-state index in [1.807, 2.05) is 48.5 Å². The molecule has 0 saturated heterocycles. The van der Waals surface area contributed by atoms with Gasteiger partial charge in [-0.2, -0.15) is 0 Å². The molecule has 24 heavy (non-hydrogen) atoms. The Kier molecular flexibility index (Phi) is 3.51. The van der Waals surface area contributed by atoms with Crippen LogP contribution >= 0.6 is 0 Å². The normalized spacial score (nSPS) is 13.5. The van der Waals surface area contributed by atoms with E-state index >= 15 is 0 Å². The van der Waals surface area contributed by atoms with E-state index in [-0.39, 0.29) is 5.97 Å². The molecule has 3 aromatic carbocycles. The molecule has 0 aromatic heterocycles. The predicted molar refractivity (Wildman–Crippen MR) is 96.6 cm³/mol. The van der Waals surface area contributed by atoms with Gasteiger partial charge in [0, 0.05) is 0 Å². The zero-order chi connectivity index (χ0) is 16.5. The average molecular weight is 312 g/mol. The lowest BCUT2D eigenvalue weighted by atomic mass is 9.99. The van der Waals surface area contributed by atoms with Crippen LogP contribution in [0.15, 0.2) is 72.8 Å². The molecular weight excluding hydrogens is 296 g/mol. The minimum atomic E-state index is -0.312. The third-order valence-corrected chi connectivity index (χ3v) is 4.35. The van der Waals surface area contributed by atoms with Gasteiger partial charge in [-0.05, 0) is 51.6 Å². The van der Waals surface area contributed by atoms with Gasteiger partial charge in [0.25, 0.3) is 0 Å². The highest BCUT2D eigenvalue weighted by Crippen LogP contribution is 2.45. The Morgan fingerprint density at radius 2 is 1.46 bits per heavy atom. The minimum absolute atomic E-state index is 0.312. The van der Waals surface area contributed by atoms with Crippen molar-refractivity contribution in [3.63, 3.8) is 0 Å². The fourth-order valence-electron chi connectivity index (χ4n) is 3.22. The molecule has 2 heteroatoms. The van der Waals surface area contributed by atoms with Gasteiger partial charge in [0.05, 0.1) is 12.7 Å². The maximum Gasteiger partial charge on any atom is 0.337 e. The molecule has 1 aliphatic rings. The summed E-state index contributed by atoms with van der Waals surface area (Å²) in [5.41, 5.74) is 7.46. The van der Waals surface area contributed by atoms with Crippen molar-refractivity contribution in [3.8, 4) is 11.1 Å². The van der Waals surface area contributed by atoms with Gasteiger partial charge in [0.1, 0.15) is 0 Å². The van der Waals surface area contributed by atoms with E-state index in [0.29, 0.717) is 5.56 Å². The molecule has 0 bridgehead atoms. The van der Waals surface area contributed by atoms with Crippen LogP contribution in [0.4, 0.5) is 0 Å². The Bertz CT molecular complexity index is 953. The third-order valence-electron chi connectivity index (χ3n) is 4.35. The molecular formula is C22H16O2. The molecule has 0 heterocycles. The summed E-state index contributed by atoms with van der Waals surface area (Å²) in [7, 11) is 1.41. The summed E-state index contributed by atoms with van der Waals surface area (Å²) in [6.45, 7) is 0. The van der Waals surface area contributed by atoms with Gasteiger partial charge >= 0.3 is 5.97 Å². The molecule has 116 valence electrons. The van der Waals surface area contributed by atoms with Crippen LogP contribution in [0, 0.1) is 0 Å². The number of ether oxygens (including phenoxy) is 1. The zero-order valence-corrected chi connectivity index (χ0v) is 13.3. The van der Waals surface area contributed by atoms with Crippen LogP contribution in [0.25, 0.3) is 22.8 Å². The van der Waals surface area contributed by atoms with E-state index in [2.05, 4.69) is 30.3 Å². The number of esters is 1. The van der Waals surface area contributed by atoms with Crippen LogP contribution in [0.1, 0.15) is 27.0 Å². The maximum absolute atomic E-state index is 11.9. The number of carbonyl (C=O) groups is 1. The standard InChI is InChI=1S/C22H16O2/c1-24-22(23)16-11-12-19-17-9-5-6-10-18(17)20(21(19)14-16)13-15-7-3-2-4-8-15/h2-14H,1H3/b20-13-. The van der Waals surface area contributed by atoms with Gasteiger partial charge in [-0.3, -0.25) is 0 Å². The van der Waals surface area contributed by atoms with Gasteiger partial charge in [-0.25, -0.2) is 4.79 Å². The zero-order valence-electron chi connectivity index (χ0n) is 13.3. The summed E-state index contributed by atoms with van der Waals surface area (Å²) in [6.07, 6.45) is 2.17. The van der Waals surface area contributed by atoms with E-state index in [0.717, 1.165) is 22.3 Å². The number of fused-ring (bicyclic) bond motifs is 3. The predicted octanol–water partition coefficient (Wildman–Crippen LogP) is 5.04. The van der Waals surface area contributed by atoms with Crippen molar-refractivity contribution < 1.29 is 9.53 Å². The van der Waals surface area contributed by atoms with Crippen molar-refractivity contribution in [3.05, 3.63) is 95.1 Å². The highest BCUT2D eigenvalue weighted by atomic mass is 16.5. The van der Waals surface area contributed by atoms with Crippen molar-refractivity contribution >= 4 is 17.6 Å². The van der Waals surface area contributed by atoms with E-state index < -0.39 is 0 Å². The number of carbonyl (C=O) groups excluding carboxylic acids is 1.